The van der Waals surface area contributed by atoms with Crippen LogP contribution >= 0.6 is 0 Å². The van der Waals surface area contributed by atoms with E-state index in [1.807, 2.05) is 6.92 Å². The van der Waals surface area contributed by atoms with Gasteiger partial charge in [-0.3, -0.25) is 4.79 Å². The summed E-state index contributed by atoms with van der Waals surface area (Å²) in [6.07, 6.45) is 0.880. The fraction of sp³-hybridized carbons (Fsp3) is 0.462. The number of ether oxygens (including phenoxy) is 1. The van der Waals surface area contributed by atoms with Crippen molar-refractivity contribution in [2.75, 3.05) is 13.2 Å². The van der Waals surface area contributed by atoms with Gasteiger partial charge in [-0.25, -0.2) is 4.39 Å². The number of benzene rings is 1. The molecule has 0 radical (unpaired) electrons. The molecule has 4 nitrogen and oxygen atoms in total. The van der Waals surface area contributed by atoms with E-state index in [2.05, 4.69) is 5.32 Å². The molecular weight excluding hydrogens is 237 g/mol. The zero-order valence-corrected chi connectivity index (χ0v) is 10.1. The Kier molecular flexibility index (Phi) is 3.81. The van der Waals surface area contributed by atoms with Gasteiger partial charge < -0.3 is 15.2 Å². The molecule has 5 heteroatoms. The lowest BCUT2D eigenvalue weighted by Crippen LogP contribution is -2.38. The highest BCUT2D eigenvalue weighted by Gasteiger charge is 2.25. The molecule has 1 heterocycles. The van der Waals surface area contributed by atoms with Gasteiger partial charge in [0.25, 0.3) is 5.91 Å². The first-order chi connectivity index (χ1) is 8.59. The van der Waals surface area contributed by atoms with Crippen molar-refractivity contribution in [2.24, 2.45) is 5.92 Å². The van der Waals surface area contributed by atoms with Crippen molar-refractivity contribution in [3.8, 4) is 5.75 Å². The minimum Gasteiger partial charge on any atom is -0.507 e. The normalized spacial score (nSPS) is 20.7. The van der Waals surface area contributed by atoms with Crippen LogP contribution in [0.25, 0.3) is 0 Å². The summed E-state index contributed by atoms with van der Waals surface area (Å²) in [5.41, 5.74) is -0.303. The molecule has 98 valence electrons. The Hall–Kier alpha value is -1.62. The molecule has 1 aliphatic rings. The van der Waals surface area contributed by atoms with Crippen molar-refractivity contribution in [3.05, 3.63) is 29.6 Å². The molecule has 0 aliphatic carbocycles. The van der Waals surface area contributed by atoms with E-state index < -0.39 is 11.7 Å². The smallest absolute Gasteiger partial charge is 0.258 e. The molecule has 0 unspecified atom stereocenters. The third-order valence-electron chi connectivity index (χ3n) is 3.25. The van der Waals surface area contributed by atoms with Crippen molar-refractivity contribution in [3.63, 3.8) is 0 Å². The second-order valence-corrected chi connectivity index (χ2v) is 4.52. The Labute approximate surface area is 105 Å². The molecular formula is C13H16FNO3. The largest absolute Gasteiger partial charge is 0.507 e. The topological polar surface area (TPSA) is 58.6 Å². The minimum absolute atomic E-state index is 0.112. The molecule has 1 aromatic carbocycles. The Morgan fingerprint density at radius 3 is 3.00 bits per heavy atom. The Bertz CT molecular complexity index is 424. The maximum atomic E-state index is 13.5. The Morgan fingerprint density at radius 2 is 2.39 bits per heavy atom. The molecule has 18 heavy (non-hydrogen) atoms. The van der Waals surface area contributed by atoms with Crippen molar-refractivity contribution in [2.45, 2.75) is 19.4 Å². The number of carbonyl (C=O) groups excluding carboxylic acids is 1. The molecule has 1 amide bonds. The average molecular weight is 253 g/mol. The quantitative estimate of drug-likeness (QED) is 0.861. The highest BCUT2D eigenvalue weighted by atomic mass is 19.1. The highest BCUT2D eigenvalue weighted by Crippen LogP contribution is 2.21. The molecule has 0 bridgehead atoms. The molecule has 1 aliphatic heterocycles. The number of halogens is 1. The van der Waals surface area contributed by atoms with Gasteiger partial charge in [0.15, 0.2) is 0 Å². The molecule has 2 rings (SSSR count). The number of rotatable bonds is 3. The highest BCUT2D eigenvalue weighted by molar-refractivity contribution is 5.97. The number of carbonyl (C=O) groups is 1. The lowest BCUT2D eigenvalue weighted by molar-refractivity contribution is 0.0915. The lowest BCUT2D eigenvalue weighted by atomic mass is 10.0. The van der Waals surface area contributed by atoms with Crippen molar-refractivity contribution in [1.82, 2.24) is 5.32 Å². The number of hydrogen-bond donors (Lipinski definition) is 2. The Balaban J connectivity index is 2.07. The van der Waals surface area contributed by atoms with Crippen LogP contribution in [0.1, 0.15) is 23.7 Å². The summed E-state index contributed by atoms with van der Waals surface area (Å²) in [4.78, 5) is 11.9. The molecule has 0 spiro atoms. The first kappa shape index (κ1) is 12.8. The second kappa shape index (κ2) is 5.35. The molecule has 1 saturated heterocycles. The van der Waals surface area contributed by atoms with E-state index in [4.69, 9.17) is 4.74 Å². The number of nitrogens with one attached hydrogen (secondary N) is 1. The number of phenols is 1. The van der Waals surface area contributed by atoms with Crippen LogP contribution < -0.4 is 5.32 Å². The van der Waals surface area contributed by atoms with Crippen LogP contribution in [0.3, 0.4) is 0 Å². The molecule has 1 aromatic rings. The van der Waals surface area contributed by atoms with E-state index in [9.17, 15) is 14.3 Å². The molecule has 2 N–H and O–H groups in total. The zero-order valence-electron chi connectivity index (χ0n) is 10.1. The summed E-state index contributed by atoms with van der Waals surface area (Å²) < 4.78 is 18.7. The average Bonchev–Trinajstić information content (AvgIpc) is 2.81. The van der Waals surface area contributed by atoms with E-state index in [1.165, 1.54) is 12.1 Å². The molecule has 1 fully saturated rings. The number of amides is 1. The molecule has 0 aromatic heterocycles. The van der Waals surface area contributed by atoms with Crippen LogP contribution in [0, 0.1) is 11.7 Å². The fourth-order valence-corrected chi connectivity index (χ4v) is 2.08. The number of phenolic OH excluding ortho intramolecular Hbond substituents is 1. The van der Waals surface area contributed by atoms with Gasteiger partial charge in [-0.15, -0.1) is 0 Å². The maximum absolute atomic E-state index is 13.5. The van der Waals surface area contributed by atoms with Crippen LogP contribution in [0.4, 0.5) is 4.39 Å². The van der Waals surface area contributed by atoms with E-state index >= 15 is 0 Å². The van der Waals surface area contributed by atoms with Gasteiger partial charge in [0, 0.05) is 18.6 Å². The van der Waals surface area contributed by atoms with Crippen LogP contribution in [0.15, 0.2) is 18.2 Å². The standard InChI is InChI=1S/C13H16FNO3/c1-8(9-5-6-18-7-9)15-13(17)12-10(14)3-2-4-11(12)16/h2-4,8-9,16H,5-7H2,1H3,(H,15,17)/t8-,9+/m0/s1. The minimum atomic E-state index is -0.720. The van der Waals surface area contributed by atoms with E-state index in [1.54, 1.807) is 0 Å². The van der Waals surface area contributed by atoms with Gasteiger partial charge in [-0.1, -0.05) is 6.07 Å². The predicted molar refractivity (Wildman–Crippen MR) is 63.9 cm³/mol. The predicted octanol–water partition coefficient (Wildman–Crippen LogP) is 1.69. The van der Waals surface area contributed by atoms with E-state index in [-0.39, 0.29) is 23.3 Å². The summed E-state index contributed by atoms with van der Waals surface area (Å²) >= 11 is 0. The monoisotopic (exact) mass is 253 g/mol. The summed E-state index contributed by atoms with van der Waals surface area (Å²) in [6.45, 7) is 3.15. The van der Waals surface area contributed by atoms with Gasteiger partial charge in [0.05, 0.1) is 6.61 Å². The van der Waals surface area contributed by atoms with Crippen LogP contribution in [0.5, 0.6) is 5.75 Å². The zero-order chi connectivity index (χ0) is 13.1. The molecule has 2 atom stereocenters. The van der Waals surface area contributed by atoms with Gasteiger partial charge in [0.2, 0.25) is 0 Å². The number of hydrogen-bond acceptors (Lipinski definition) is 3. The fourth-order valence-electron chi connectivity index (χ4n) is 2.08. The first-order valence-corrected chi connectivity index (χ1v) is 5.95. The third-order valence-corrected chi connectivity index (χ3v) is 3.25. The van der Waals surface area contributed by atoms with Crippen molar-refractivity contribution >= 4 is 5.91 Å². The number of aromatic hydroxyl groups is 1. The second-order valence-electron chi connectivity index (χ2n) is 4.52. The summed E-state index contributed by atoms with van der Waals surface area (Å²) in [7, 11) is 0. The van der Waals surface area contributed by atoms with Crippen LogP contribution in [0.2, 0.25) is 0 Å². The van der Waals surface area contributed by atoms with Crippen LogP contribution in [-0.4, -0.2) is 30.3 Å². The third kappa shape index (κ3) is 2.61. The van der Waals surface area contributed by atoms with Gasteiger partial charge in [-0.2, -0.15) is 0 Å². The van der Waals surface area contributed by atoms with Gasteiger partial charge in [0.1, 0.15) is 17.1 Å². The van der Waals surface area contributed by atoms with Crippen molar-refractivity contribution in [1.29, 1.82) is 0 Å². The van der Waals surface area contributed by atoms with Crippen LogP contribution in [-0.2, 0) is 4.74 Å². The molecule has 0 saturated carbocycles. The first-order valence-electron chi connectivity index (χ1n) is 5.95. The maximum Gasteiger partial charge on any atom is 0.258 e. The Morgan fingerprint density at radius 1 is 1.61 bits per heavy atom. The lowest BCUT2D eigenvalue weighted by Gasteiger charge is -2.19. The van der Waals surface area contributed by atoms with Gasteiger partial charge >= 0.3 is 0 Å². The summed E-state index contributed by atoms with van der Waals surface area (Å²) in [5.74, 6) is -1.42. The summed E-state index contributed by atoms with van der Waals surface area (Å²) in [5, 5.41) is 12.2. The van der Waals surface area contributed by atoms with E-state index in [0.717, 1.165) is 12.5 Å². The summed E-state index contributed by atoms with van der Waals surface area (Å²) in [6, 6.07) is 3.69. The van der Waals surface area contributed by atoms with Crippen molar-refractivity contribution < 1.29 is 19.0 Å². The van der Waals surface area contributed by atoms with E-state index in [0.29, 0.717) is 13.2 Å². The van der Waals surface area contributed by atoms with Gasteiger partial charge in [-0.05, 0) is 25.5 Å². The SMILES string of the molecule is C[C@H](NC(=O)c1c(O)cccc1F)[C@@H]1CCOC1.